The molecule has 0 fully saturated rings. The predicted octanol–water partition coefficient (Wildman–Crippen LogP) is 2.66. The van der Waals surface area contributed by atoms with E-state index in [1.165, 1.54) is 6.42 Å². The Bertz CT molecular complexity index is 576. The summed E-state index contributed by atoms with van der Waals surface area (Å²) in [5.74, 6) is 1.64. The minimum atomic E-state index is 0.801. The van der Waals surface area contributed by atoms with Gasteiger partial charge in [-0.25, -0.2) is 9.67 Å². The Kier molecular flexibility index (Phi) is 3.67. The molecule has 102 valence electrons. The Morgan fingerprint density at radius 1 is 1.15 bits per heavy atom. The standard InChI is InChI=1S/C15H17N5/c1-2-3-9-18-11-12-19(13-18)14-6-4-7-15(17-14)20-10-5-8-16-20/h4-8,10-12H,2-3,9H2,1H3. The zero-order chi connectivity index (χ0) is 13.8. The van der Waals surface area contributed by atoms with Crippen LogP contribution in [0.5, 0.6) is 0 Å². The van der Waals surface area contributed by atoms with Gasteiger partial charge in [-0.1, -0.05) is 19.4 Å². The van der Waals surface area contributed by atoms with Crippen molar-refractivity contribution in [1.29, 1.82) is 0 Å². The van der Waals surface area contributed by atoms with E-state index in [9.17, 15) is 0 Å². The molecule has 1 aliphatic heterocycles. The highest BCUT2D eigenvalue weighted by molar-refractivity contribution is 5.48. The van der Waals surface area contributed by atoms with Crippen molar-refractivity contribution in [3.8, 4) is 5.82 Å². The van der Waals surface area contributed by atoms with Crippen molar-refractivity contribution in [3.63, 3.8) is 0 Å². The molecule has 2 radical (unpaired) electrons. The van der Waals surface area contributed by atoms with E-state index in [0.717, 1.165) is 24.6 Å². The van der Waals surface area contributed by atoms with E-state index in [0.29, 0.717) is 0 Å². The first-order valence-corrected chi connectivity index (χ1v) is 6.84. The van der Waals surface area contributed by atoms with E-state index in [1.807, 2.05) is 47.8 Å². The summed E-state index contributed by atoms with van der Waals surface area (Å²) in [5, 5.41) is 4.20. The highest BCUT2D eigenvalue weighted by Gasteiger charge is 2.17. The van der Waals surface area contributed by atoms with Gasteiger partial charge in [-0.15, -0.1) is 0 Å². The first-order valence-electron chi connectivity index (χ1n) is 6.84. The van der Waals surface area contributed by atoms with Crippen LogP contribution in [0.15, 0.2) is 49.1 Å². The maximum atomic E-state index is 4.60. The fourth-order valence-corrected chi connectivity index (χ4v) is 2.01. The quantitative estimate of drug-likeness (QED) is 0.834. The Morgan fingerprint density at radius 3 is 2.85 bits per heavy atom. The van der Waals surface area contributed by atoms with Crippen molar-refractivity contribution in [1.82, 2.24) is 19.7 Å². The van der Waals surface area contributed by atoms with Gasteiger partial charge in [-0.2, -0.15) is 5.10 Å². The first-order chi connectivity index (χ1) is 9.86. The van der Waals surface area contributed by atoms with Gasteiger partial charge in [0, 0.05) is 31.3 Å². The lowest BCUT2D eigenvalue weighted by Gasteiger charge is -2.18. The molecule has 0 saturated heterocycles. The molecule has 0 spiro atoms. The molecule has 3 heterocycles. The highest BCUT2D eigenvalue weighted by Crippen LogP contribution is 2.21. The number of hydrogen-bond acceptors (Lipinski definition) is 4. The van der Waals surface area contributed by atoms with Crippen LogP contribution in [0, 0.1) is 6.67 Å². The second kappa shape index (κ2) is 5.77. The molecule has 5 heteroatoms. The third-order valence-corrected chi connectivity index (χ3v) is 3.09. The summed E-state index contributed by atoms with van der Waals surface area (Å²) in [5.41, 5.74) is 0. The molecule has 0 saturated carbocycles. The molecular weight excluding hydrogens is 250 g/mol. The smallest absolute Gasteiger partial charge is 0.214 e. The lowest BCUT2D eigenvalue weighted by molar-refractivity contribution is 0.451. The normalized spacial score (nSPS) is 14.2. The summed E-state index contributed by atoms with van der Waals surface area (Å²) in [4.78, 5) is 8.56. The molecular formula is C15H17N5. The Hall–Kier alpha value is -2.30. The van der Waals surface area contributed by atoms with Crippen LogP contribution in [0.1, 0.15) is 19.8 Å². The van der Waals surface area contributed by atoms with Gasteiger partial charge in [-0.3, -0.25) is 4.90 Å². The van der Waals surface area contributed by atoms with Crippen molar-refractivity contribution < 1.29 is 0 Å². The van der Waals surface area contributed by atoms with Gasteiger partial charge < -0.3 is 4.90 Å². The lowest BCUT2D eigenvalue weighted by atomic mass is 10.3. The van der Waals surface area contributed by atoms with Gasteiger partial charge in [0.2, 0.25) is 6.67 Å². The van der Waals surface area contributed by atoms with Gasteiger partial charge in [0.15, 0.2) is 5.82 Å². The number of aromatic nitrogens is 3. The summed E-state index contributed by atoms with van der Waals surface area (Å²) in [6.07, 6.45) is 9.97. The number of nitrogens with zero attached hydrogens (tertiary/aromatic N) is 5. The van der Waals surface area contributed by atoms with Crippen molar-refractivity contribution >= 4 is 5.82 Å². The van der Waals surface area contributed by atoms with E-state index in [4.69, 9.17) is 0 Å². The maximum Gasteiger partial charge on any atom is 0.214 e. The van der Waals surface area contributed by atoms with E-state index in [1.54, 1.807) is 10.9 Å². The maximum absolute atomic E-state index is 4.60. The lowest BCUT2D eigenvalue weighted by Crippen LogP contribution is -2.20. The van der Waals surface area contributed by atoms with Gasteiger partial charge >= 0.3 is 0 Å². The molecule has 0 amide bonds. The zero-order valence-corrected chi connectivity index (χ0v) is 11.5. The Labute approximate surface area is 119 Å². The van der Waals surface area contributed by atoms with E-state index < -0.39 is 0 Å². The van der Waals surface area contributed by atoms with Crippen molar-refractivity contribution in [2.75, 3.05) is 11.4 Å². The molecule has 1 aliphatic rings. The van der Waals surface area contributed by atoms with Crippen LogP contribution >= 0.6 is 0 Å². The van der Waals surface area contributed by atoms with Crippen LogP contribution in [0.4, 0.5) is 5.82 Å². The number of hydrogen-bond donors (Lipinski definition) is 0. The molecule has 2 aromatic heterocycles. The van der Waals surface area contributed by atoms with E-state index in [2.05, 4.69) is 28.6 Å². The third kappa shape index (κ3) is 2.66. The second-order valence-corrected chi connectivity index (χ2v) is 4.62. The molecule has 0 N–H and O–H groups in total. The fourth-order valence-electron chi connectivity index (χ4n) is 2.01. The molecule has 5 nitrogen and oxygen atoms in total. The number of rotatable bonds is 5. The summed E-state index contributed by atoms with van der Waals surface area (Å²) in [7, 11) is 0. The summed E-state index contributed by atoms with van der Waals surface area (Å²) < 4.78 is 1.75. The van der Waals surface area contributed by atoms with Crippen molar-refractivity contribution in [2.24, 2.45) is 0 Å². The predicted molar refractivity (Wildman–Crippen MR) is 77.8 cm³/mol. The molecule has 0 aromatic carbocycles. The number of pyridine rings is 1. The van der Waals surface area contributed by atoms with Gasteiger partial charge in [0.1, 0.15) is 5.82 Å². The summed E-state index contributed by atoms with van der Waals surface area (Å²) >= 11 is 0. The Morgan fingerprint density at radius 2 is 2.05 bits per heavy atom. The third-order valence-electron chi connectivity index (χ3n) is 3.09. The fraction of sp³-hybridized carbons (Fsp3) is 0.267. The highest BCUT2D eigenvalue weighted by atomic mass is 15.4. The molecule has 2 aromatic rings. The molecule has 0 aliphatic carbocycles. The number of unbranched alkanes of at least 4 members (excludes halogenated alkanes) is 1. The topological polar surface area (TPSA) is 37.2 Å². The monoisotopic (exact) mass is 267 g/mol. The number of anilines is 1. The summed E-state index contributed by atoms with van der Waals surface area (Å²) in [6, 6.07) is 7.76. The molecule has 0 bridgehead atoms. The van der Waals surface area contributed by atoms with Crippen LogP contribution in [0.25, 0.3) is 5.82 Å². The molecule has 3 rings (SSSR count). The van der Waals surface area contributed by atoms with Crippen LogP contribution < -0.4 is 4.90 Å². The van der Waals surface area contributed by atoms with Crippen LogP contribution in [-0.4, -0.2) is 26.2 Å². The molecule has 0 unspecified atom stereocenters. The van der Waals surface area contributed by atoms with Gasteiger partial charge in [-0.05, 0) is 24.6 Å². The minimum Gasteiger partial charge on any atom is -0.346 e. The SMILES string of the molecule is CCCCN1[C]N(c2cccc(-n3cccn3)n2)C=C1. The largest absolute Gasteiger partial charge is 0.346 e. The average molecular weight is 267 g/mol. The van der Waals surface area contributed by atoms with Crippen molar-refractivity contribution in [3.05, 3.63) is 55.7 Å². The van der Waals surface area contributed by atoms with Gasteiger partial charge in [0.05, 0.1) is 0 Å². The van der Waals surface area contributed by atoms with E-state index >= 15 is 0 Å². The molecule has 20 heavy (non-hydrogen) atoms. The first kappa shape index (κ1) is 12.7. The van der Waals surface area contributed by atoms with Crippen LogP contribution in [-0.2, 0) is 0 Å². The average Bonchev–Trinajstić information content (AvgIpc) is 3.17. The minimum absolute atomic E-state index is 0.801. The second-order valence-electron chi connectivity index (χ2n) is 4.62. The summed E-state index contributed by atoms with van der Waals surface area (Å²) in [6.45, 7) is 6.45. The van der Waals surface area contributed by atoms with Crippen molar-refractivity contribution in [2.45, 2.75) is 19.8 Å². The zero-order valence-electron chi connectivity index (χ0n) is 11.5. The van der Waals surface area contributed by atoms with Crippen LogP contribution in [0.3, 0.4) is 0 Å². The Balaban J connectivity index is 1.73. The van der Waals surface area contributed by atoms with E-state index in [-0.39, 0.29) is 0 Å². The van der Waals surface area contributed by atoms with Gasteiger partial charge in [0.25, 0.3) is 0 Å². The molecule has 0 atom stereocenters. The van der Waals surface area contributed by atoms with Crippen LogP contribution in [0.2, 0.25) is 0 Å².